The Hall–Kier alpha value is 0.631. The summed E-state index contributed by atoms with van der Waals surface area (Å²) < 4.78 is 0. The van der Waals surface area contributed by atoms with E-state index in [9.17, 15) is 0 Å². The molecule has 0 radical (unpaired) electrons. The molecule has 19 nitrogen and oxygen atoms in total. The van der Waals surface area contributed by atoms with E-state index in [-0.39, 0.29) is 154 Å². The molecule has 0 atom stereocenters. The first kappa shape index (κ1) is 137. The van der Waals surface area contributed by atoms with E-state index in [0.717, 1.165) is 0 Å². The van der Waals surface area contributed by atoms with Gasteiger partial charge in [-0.2, -0.15) is 0 Å². The van der Waals surface area contributed by atoms with Crippen LogP contribution in [0.2, 0.25) is 0 Å². The van der Waals surface area contributed by atoms with E-state index in [4.69, 9.17) is 60.0 Å². The van der Waals surface area contributed by atoms with E-state index < -0.39 is 24.6 Å². The Morgan fingerprint density at radius 1 is 0.321 bits per heavy atom. The molecule has 0 saturated heterocycles. The minimum Gasteiger partial charge on any atom is -0.870 e. The molecule has 152 valence electrons. The fraction of sp³-hybridized carbons (Fsp3) is 0. The first-order chi connectivity index (χ1) is 6.93. The van der Waals surface area contributed by atoms with Crippen molar-refractivity contribution < 1.29 is 98.4 Å². The molecule has 0 aromatic carbocycles. The van der Waals surface area contributed by atoms with Gasteiger partial charge in [-0.25, -0.2) is 0 Å². The summed E-state index contributed by atoms with van der Waals surface area (Å²) >= 11 is 0. The molecule has 0 spiro atoms. The SMILES string of the molecule is O.O.O.O.O.O=C([O-])[O-].O=C([O-])[O-].O=C([O-])[O-].O=C([O-])[O-].[Mg+2].[Mg+2].[Mg+2].[Mg+2].[Mg+2].[OH-].[OH-]. The fourth-order valence-electron chi connectivity index (χ4n) is 0. The van der Waals surface area contributed by atoms with Crippen LogP contribution in [-0.2, 0) is 0 Å². The molecule has 0 saturated carbocycles. The molecule has 0 aromatic heterocycles. The zero-order chi connectivity index (χ0) is 14.3. The molecule has 0 amide bonds. The van der Waals surface area contributed by atoms with Crippen molar-refractivity contribution in [3.63, 3.8) is 0 Å². The second-order valence-corrected chi connectivity index (χ2v) is 1.00. The molecule has 0 unspecified atom stereocenters. The zero-order valence-electron chi connectivity index (χ0n) is 13.8. The van der Waals surface area contributed by atoms with Crippen molar-refractivity contribution in [3.05, 3.63) is 0 Å². The van der Waals surface area contributed by atoms with Crippen LogP contribution in [0.15, 0.2) is 0 Å². The number of rotatable bonds is 0. The summed E-state index contributed by atoms with van der Waals surface area (Å²) in [6.45, 7) is 0. The van der Waals surface area contributed by atoms with E-state index in [1.54, 1.807) is 0 Å². The van der Waals surface area contributed by atoms with Crippen molar-refractivity contribution in [2.75, 3.05) is 0 Å². The van der Waals surface area contributed by atoms with Gasteiger partial charge in [-0.3, -0.25) is 0 Å². The van der Waals surface area contributed by atoms with Gasteiger partial charge < -0.3 is 98.4 Å². The molecular formula is C4H12Mg5O19. The predicted octanol–water partition coefficient (Wildman–Crippen LogP) is -16.2. The van der Waals surface area contributed by atoms with Crippen molar-refractivity contribution in [1.29, 1.82) is 0 Å². The van der Waals surface area contributed by atoms with Crippen LogP contribution in [0.4, 0.5) is 19.2 Å². The van der Waals surface area contributed by atoms with Gasteiger partial charge in [-0.15, -0.1) is 0 Å². The molecule has 0 aliphatic rings. The Kier molecular flexibility index (Phi) is 601. The molecule has 0 rings (SSSR count). The van der Waals surface area contributed by atoms with E-state index >= 15 is 0 Å². The number of carbonyl (C=O) groups excluding carboxylic acids is 4. The number of hydrogen-bond acceptors (Lipinski definition) is 14. The van der Waals surface area contributed by atoms with Gasteiger partial charge in [0.15, 0.2) is 0 Å². The Morgan fingerprint density at radius 3 is 0.321 bits per heavy atom. The third kappa shape index (κ3) is 43900. The van der Waals surface area contributed by atoms with Crippen LogP contribution in [0, 0.1) is 0 Å². The minimum atomic E-state index is -2.33. The van der Waals surface area contributed by atoms with Gasteiger partial charge in [0, 0.05) is 0 Å². The van der Waals surface area contributed by atoms with E-state index in [0.29, 0.717) is 0 Å². The zero-order valence-corrected chi connectivity index (χ0v) is 20.9. The number of carboxylic acid groups (broad SMARTS) is 8. The van der Waals surface area contributed by atoms with Gasteiger partial charge in [0.2, 0.25) is 0 Å². The summed E-state index contributed by atoms with van der Waals surface area (Å²) in [4.78, 5) is 33.3. The van der Waals surface area contributed by atoms with Crippen molar-refractivity contribution >= 4 is 140 Å². The average Bonchev–Trinajstić information content (AvgIpc) is 1.76. The fourth-order valence-corrected chi connectivity index (χ4v) is 0. The minimum absolute atomic E-state index is 0. The van der Waals surface area contributed by atoms with Crippen molar-refractivity contribution in [2.45, 2.75) is 0 Å². The third-order valence-corrected chi connectivity index (χ3v) is 0. The van der Waals surface area contributed by atoms with E-state index in [1.807, 2.05) is 0 Å². The largest absolute Gasteiger partial charge is 2.00 e. The molecule has 28 heavy (non-hydrogen) atoms. The first-order valence-electron chi connectivity index (χ1n) is 2.45. The second kappa shape index (κ2) is 123. The summed E-state index contributed by atoms with van der Waals surface area (Å²) in [7, 11) is 0. The van der Waals surface area contributed by atoms with E-state index in [2.05, 4.69) is 0 Å². The molecule has 0 bridgehead atoms. The van der Waals surface area contributed by atoms with Crippen LogP contribution in [-0.4, -0.2) is 178 Å². The summed E-state index contributed by atoms with van der Waals surface area (Å²) in [5, 5.41) is 66.7. The Morgan fingerprint density at radius 2 is 0.321 bits per heavy atom. The van der Waals surface area contributed by atoms with Gasteiger partial charge >= 0.3 is 115 Å². The maximum atomic E-state index is 8.33. The Balaban J connectivity index is -0.00000000429. The van der Waals surface area contributed by atoms with E-state index in [1.165, 1.54) is 0 Å². The third-order valence-electron chi connectivity index (χ3n) is 0. The Bertz CT molecular complexity index is 174. The maximum absolute atomic E-state index is 8.33. The quantitative estimate of drug-likeness (QED) is 0.287. The van der Waals surface area contributed by atoms with Gasteiger partial charge in [-0.05, 0) is 24.6 Å². The molecule has 0 aliphatic carbocycles. The number of hydrogen-bond donors (Lipinski definition) is 0. The van der Waals surface area contributed by atoms with Gasteiger partial charge in [0.1, 0.15) is 0 Å². The van der Waals surface area contributed by atoms with Crippen LogP contribution in [0.3, 0.4) is 0 Å². The standard InChI is InChI=1S/4CH2O3.5Mg.7H2O/c4*2-1(3)4;;;;;;;;;;;;/h4*(H2,2,3,4);;;;;;7*1H2/q;;;;5*+2;;;;;;;/p-10. The normalized spacial score (nSPS) is 3.43. The maximum Gasteiger partial charge on any atom is 2.00 e. The summed E-state index contributed by atoms with van der Waals surface area (Å²) in [6, 6.07) is 0. The molecule has 24 heteroatoms. The van der Waals surface area contributed by atoms with Crippen molar-refractivity contribution in [2.24, 2.45) is 0 Å². The van der Waals surface area contributed by atoms with Crippen LogP contribution in [0.1, 0.15) is 0 Å². The molecule has 0 aliphatic heterocycles. The van der Waals surface area contributed by atoms with Crippen LogP contribution < -0.4 is 40.9 Å². The molecular weight excluding hydrogens is 474 g/mol. The molecule has 0 aromatic rings. The molecule has 0 fully saturated rings. The topological polar surface area (TPSA) is 470 Å². The van der Waals surface area contributed by atoms with Crippen LogP contribution >= 0.6 is 0 Å². The smallest absolute Gasteiger partial charge is 0.870 e. The molecule has 0 heterocycles. The van der Waals surface area contributed by atoms with Crippen LogP contribution in [0.5, 0.6) is 0 Å². The van der Waals surface area contributed by atoms with Crippen molar-refractivity contribution in [1.82, 2.24) is 0 Å². The molecule has 12 N–H and O–H groups in total. The van der Waals surface area contributed by atoms with Crippen molar-refractivity contribution in [3.8, 4) is 0 Å². The monoisotopic (exact) mass is 484 g/mol. The summed E-state index contributed by atoms with van der Waals surface area (Å²) in [5.41, 5.74) is 0. The van der Waals surface area contributed by atoms with Gasteiger partial charge in [0.05, 0.1) is 0 Å². The summed E-state index contributed by atoms with van der Waals surface area (Å²) in [5.74, 6) is 0. The summed E-state index contributed by atoms with van der Waals surface area (Å²) in [6.07, 6.45) is -9.33. The number of carbonyl (C=O) groups is 4. The predicted molar refractivity (Wildman–Crippen MR) is 72.3 cm³/mol. The van der Waals surface area contributed by atoms with Crippen LogP contribution in [0.25, 0.3) is 0 Å². The van der Waals surface area contributed by atoms with Gasteiger partial charge in [0.25, 0.3) is 0 Å². The second-order valence-electron chi connectivity index (χ2n) is 1.00. The first-order valence-corrected chi connectivity index (χ1v) is 2.45. The average molecular weight is 486 g/mol. The Labute approximate surface area is 236 Å². The van der Waals surface area contributed by atoms with Gasteiger partial charge in [-0.1, -0.05) is 0 Å².